The zero-order chi connectivity index (χ0) is 13.0. The third kappa shape index (κ3) is 3.96. The molecule has 0 aromatic heterocycles. The number of nitrogens with one attached hydrogen (secondary N) is 1. The number of hydrogen-bond donors (Lipinski definition) is 2. The molecule has 0 aliphatic heterocycles. The van der Waals surface area contributed by atoms with Gasteiger partial charge in [0.05, 0.1) is 0 Å². The predicted molar refractivity (Wildman–Crippen MR) is 77.1 cm³/mol. The van der Waals surface area contributed by atoms with Crippen molar-refractivity contribution < 1.29 is 9.90 Å². The van der Waals surface area contributed by atoms with Gasteiger partial charge in [-0.2, -0.15) is 0 Å². The van der Waals surface area contributed by atoms with E-state index in [1.54, 1.807) is 0 Å². The highest BCUT2D eigenvalue weighted by Crippen LogP contribution is 2.14. The number of amides is 1. The minimum Gasteiger partial charge on any atom is -0.396 e. The Kier molecular flexibility index (Phi) is 5.39. The molecule has 2 N–H and O–H groups in total. The number of halogens is 1. The summed E-state index contributed by atoms with van der Waals surface area (Å²) in [6.45, 7) is 5.90. The van der Waals surface area contributed by atoms with E-state index in [9.17, 15) is 4.79 Å². The number of carbonyl (C=O) groups excluding carboxylic acids is 1. The molecule has 0 saturated heterocycles. The van der Waals surface area contributed by atoms with Crippen molar-refractivity contribution in [3.05, 3.63) is 32.9 Å². The first-order chi connectivity index (χ1) is 7.95. The molecule has 0 aliphatic rings. The molecule has 94 valence electrons. The van der Waals surface area contributed by atoms with Gasteiger partial charge in [-0.3, -0.25) is 4.79 Å². The predicted octanol–water partition coefficient (Wildman–Crippen LogP) is 2.35. The average Bonchev–Trinajstić information content (AvgIpc) is 2.31. The summed E-state index contributed by atoms with van der Waals surface area (Å²) in [5.74, 6) is -0.0285. The lowest BCUT2D eigenvalue weighted by atomic mass is 10.0. The zero-order valence-electron chi connectivity index (χ0n) is 10.3. The van der Waals surface area contributed by atoms with Crippen LogP contribution in [0.2, 0.25) is 0 Å². The van der Waals surface area contributed by atoms with Gasteiger partial charge in [0.15, 0.2) is 0 Å². The van der Waals surface area contributed by atoms with E-state index < -0.39 is 0 Å². The molecular formula is C13H18INO2. The molecule has 1 aromatic carbocycles. The third-order valence-corrected chi connectivity index (χ3v) is 4.10. The first-order valence-electron chi connectivity index (χ1n) is 5.63. The Morgan fingerprint density at radius 1 is 1.47 bits per heavy atom. The molecule has 0 aliphatic carbocycles. The van der Waals surface area contributed by atoms with Gasteiger partial charge >= 0.3 is 0 Å². The summed E-state index contributed by atoms with van der Waals surface area (Å²) in [5.41, 5.74) is 1.83. The maximum absolute atomic E-state index is 11.9. The SMILES string of the molecule is Cc1ccc(C(=O)NC(C)C(C)CO)cc1I. The number of rotatable bonds is 4. The van der Waals surface area contributed by atoms with Crippen molar-refractivity contribution in [1.29, 1.82) is 0 Å². The van der Waals surface area contributed by atoms with E-state index in [2.05, 4.69) is 27.9 Å². The second kappa shape index (κ2) is 6.35. The lowest BCUT2D eigenvalue weighted by molar-refractivity contribution is 0.0916. The number of aliphatic hydroxyl groups excluding tert-OH is 1. The van der Waals surface area contributed by atoms with Crippen LogP contribution in [0.3, 0.4) is 0 Å². The minimum absolute atomic E-state index is 0.0357. The second-order valence-corrected chi connectivity index (χ2v) is 5.55. The minimum atomic E-state index is -0.0873. The fraction of sp³-hybridized carbons (Fsp3) is 0.462. The van der Waals surface area contributed by atoms with Gasteiger partial charge in [0, 0.05) is 21.8 Å². The Morgan fingerprint density at radius 2 is 2.12 bits per heavy atom. The van der Waals surface area contributed by atoms with E-state index in [1.165, 1.54) is 5.56 Å². The first-order valence-corrected chi connectivity index (χ1v) is 6.71. The van der Waals surface area contributed by atoms with E-state index in [1.807, 2.05) is 39.0 Å². The summed E-state index contributed by atoms with van der Waals surface area (Å²) in [7, 11) is 0. The second-order valence-electron chi connectivity index (χ2n) is 4.39. The van der Waals surface area contributed by atoms with Crippen molar-refractivity contribution >= 4 is 28.5 Å². The Labute approximate surface area is 116 Å². The Hall–Kier alpha value is -0.620. The standard InChI is InChI=1S/C13H18INO2/c1-8-4-5-11(6-12(8)14)13(17)15-10(3)9(2)7-16/h4-6,9-10,16H,7H2,1-3H3,(H,15,17). The van der Waals surface area contributed by atoms with Crippen LogP contribution >= 0.6 is 22.6 Å². The van der Waals surface area contributed by atoms with Gasteiger partial charge in [-0.05, 0) is 60.1 Å². The Morgan fingerprint density at radius 3 is 2.65 bits per heavy atom. The van der Waals surface area contributed by atoms with Crippen LogP contribution in [0.25, 0.3) is 0 Å². The van der Waals surface area contributed by atoms with Crippen LogP contribution in [0.1, 0.15) is 29.8 Å². The van der Waals surface area contributed by atoms with Crippen molar-refractivity contribution in [2.24, 2.45) is 5.92 Å². The van der Waals surface area contributed by atoms with Gasteiger partial charge in [0.1, 0.15) is 0 Å². The summed E-state index contributed by atoms with van der Waals surface area (Å²) in [5, 5.41) is 11.9. The molecule has 0 saturated carbocycles. The van der Waals surface area contributed by atoms with Gasteiger partial charge in [-0.25, -0.2) is 0 Å². The van der Waals surface area contributed by atoms with Crippen molar-refractivity contribution in [2.75, 3.05) is 6.61 Å². The number of benzene rings is 1. The Bertz CT molecular complexity index is 406. The monoisotopic (exact) mass is 347 g/mol. The number of carbonyl (C=O) groups is 1. The van der Waals surface area contributed by atoms with Crippen LogP contribution in [0, 0.1) is 16.4 Å². The van der Waals surface area contributed by atoms with Crippen molar-refractivity contribution in [3.8, 4) is 0 Å². The molecule has 0 radical (unpaired) electrons. The van der Waals surface area contributed by atoms with Crippen LogP contribution in [0.5, 0.6) is 0 Å². The topological polar surface area (TPSA) is 49.3 Å². The van der Waals surface area contributed by atoms with Gasteiger partial charge in [0.2, 0.25) is 0 Å². The summed E-state index contributed by atoms with van der Waals surface area (Å²) < 4.78 is 1.08. The lowest BCUT2D eigenvalue weighted by Crippen LogP contribution is -2.38. The fourth-order valence-corrected chi connectivity index (χ4v) is 1.84. The average molecular weight is 347 g/mol. The van der Waals surface area contributed by atoms with E-state index in [0.717, 1.165) is 3.57 Å². The van der Waals surface area contributed by atoms with Gasteiger partial charge in [0.25, 0.3) is 5.91 Å². The maximum atomic E-state index is 11.9. The molecule has 0 spiro atoms. The normalized spacial score (nSPS) is 14.2. The van der Waals surface area contributed by atoms with Crippen LogP contribution < -0.4 is 5.32 Å². The maximum Gasteiger partial charge on any atom is 0.251 e. The first kappa shape index (κ1) is 14.4. The summed E-state index contributed by atoms with van der Waals surface area (Å²) >= 11 is 2.22. The van der Waals surface area contributed by atoms with Crippen LogP contribution in [0.15, 0.2) is 18.2 Å². The van der Waals surface area contributed by atoms with Gasteiger partial charge in [-0.1, -0.05) is 13.0 Å². The number of aliphatic hydroxyl groups is 1. The van der Waals surface area contributed by atoms with Gasteiger partial charge in [-0.15, -0.1) is 0 Å². The summed E-state index contributed by atoms with van der Waals surface area (Å²) in [6, 6.07) is 5.60. The van der Waals surface area contributed by atoms with E-state index in [4.69, 9.17) is 5.11 Å². The van der Waals surface area contributed by atoms with E-state index in [0.29, 0.717) is 5.56 Å². The lowest BCUT2D eigenvalue weighted by Gasteiger charge is -2.19. The molecule has 2 atom stereocenters. The quantitative estimate of drug-likeness (QED) is 0.822. The van der Waals surface area contributed by atoms with Crippen molar-refractivity contribution in [3.63, 3.8) is 0 Å². The molecule has 2 unspecified atom stereocenters. The molecular weight excluding hydrogens is 329 g/mol. The van der Waals surface area contributed by atoms with Crippen LogP contribution in [-0.4, -0.2) is 23.7 Å². The summed E-state index contributed by atoms with van der Waals surface area (Å²) in [4.78, 5) is 11.9. The highest BCUT2D eigenvalue weighted by atomic mass is 127. The molecule has 3 nitrogen and oxygen atoms in total. The number of hydrogen-bond acceptors (Lipinski definition) is 2. The Balaban J connectivity index is 2.73. The molecule has 0 heterocycles. The molecule has 1 amide bonds. The molecule has 1 aromatic rings. The largest absolute Gasteiger partial charge is 0.396 e. The summed E-state index contributed by atoms with van der Waals surface area (Å²) in [6.07, 6.45) is 0. The fourth-order valence-electron chi connectivity index (χ4n) is 1.32. The molecule has 17 heavy (non-hydrogen) atoms. The van der Waals surface area contributed by atoms with Gasteiger partial charge < -0.3 is 10.4 Å². The molecule has 1 rings (SSSR count). The van der Waals surface area contributed by atoms with Crippen molar-refractivity contribution in [2.45, 2.75) is 26.8 Å². The van der Waals surface area contributed by atoms with Crippen LogP contribution in [0.4, 0.5) is 0 Å². The van der Waals surface area contributed by atoms with Crippen LogP contribution in [-0.2, 0) is 0 Å². The van der Waals surface area contributed by atoms with E-state index in [-0.39, 0.29) is 24.5 Å². The third-order valence-electron chi connectivity index (χ3n) is 2.93. The highest BCUT2D eigenvalue weighted by molar-refractivity contribution is 14.1. The highest BCUT2D eigenvalue weighted by Gasteiger charge is 2.15. The molecule has 0 bridgehead atoms. The zero-order valence-corrected chi connectivity index (χ0v) is 12.5. The van der Waals surface area contributed by atoms with Crippen molar-refractivity contribution in [1.82, 2.24) is 5.32 Å². The van der Waals surface area contributed by atoms with E-state index >= 15 is 0 Å². The molecule has 4 heteroatoms. The molecule has 0 fully saturated rings. The number of aryl methyl sites for hydroxylation is 1. The smallest absolute Gasteiger partial charge is 0.251 e.